The number of imidazole rings is 1. The van der Waals surface area contributed by atoms with Gasteiger partial charge in [0.05, 0.1) is 18.7 Å². The predicted molar refractivity (Wildman–Crippen MR) is 111 cm³/mol. The zero-order chi connectivity index (χ0) is 20.2. The van der Waals surface area contributed by atoms with E-state index in [1.165, 1.54) is 4.90 Å². The number of aryl methyl sites for hydroxylation is 1. The van der Waals surface area contributed by atoms with Crippen molar-refractivity contribution in [1.29, 1.82) is 0 Å². The molecule has 7 nitrogen and oxygen atoms in total. The molecule has 0 bridgehead atoms. The highest BCUT2D eigenvalue weighted by Gasteiger charge is 2.25. The number of nitrogens with one attached hydrogen (secondary N) is 1. The van der Waals surface area contributed by atoms with Crippen LogP contribution in [0.25, 0.3) is 0 Å². The van der Waals surface area contributed by atoms with Gasteiger partial charge in [-0.2, -0.15) is 0 Å². The Morgan fingerprint density at radius 2 is 2.00 bits per heavy atom. The topological polar surface area (TPSA) is 76.5 Å². The number of carbonyl (C=O) groups is 2. The van der Waals surface area contributed by atoms with Crippen molar-refractivity contribution in [3.8, 4) is 5.75 Å². The minimum atomic E-state index is -0.264. The molecule has 2 heterocycles. The van der Waals surface area contributed by atoms with Crippen LogP contribution in [-0.4, -0.2) is 34.5 Å². The van der Waals surface area contributed by atoms with Crippen molar-refractivity contribution in [1.82, 2.24) is 9.55 Å². The van der Waals surface area contributed by atoms with E-state index >= 15 is 0 Å². The van der Waals surface area contributed by atoms with E-state index in [2.05, 4.69) is 10.3 Å². The number of rotatable bonds is 5. The fourth-order valence-electron chi connectivity index (χ4n) is 3.00. The summed E-state index contributed by atoms with van der Waals surface area (Å²) in [6.45, 7) is 0.242. The van der Waals surface area contributed by atoms with Crippen molar-refractivity contribution in [3.63, 3.8) is 0 Å². The summed E-state index contributed by atoms with van der Waals surface area (Å²) in [5.74, 6) is 0.216. The van der Waals surface area contributed by atoms with E-state index in [0.717, 1.165) is 10.1 Å². The maximum Gasteiger partial charge on any atom is 0.244 e. The summed E-state index contributed by atoms with van der Waals surface area (Å²) < 4.78 is 7.55. The zero-order valence-corrected chi connectivity index (χ0v) is 16.7. The maximum absolute atomic E-state index is 12.6. The maximum atomic E-state index is 12.6. The fourth-order valence-corrected chi connectivity index (χ4v) is 3.80. The fraction of sp³-hybridized carbons (Fsp3) is 0.190. The van der Waals surface area contributed by atoms with Gasteiger partial charge in [0.2, 0.25) is 11.8 Å². The van der Waals surface area contributed by atoms with E-state index in [0.29, 0.717) is 23.7 Å². The van der Waals surface area contributed by atoms with Crippen molar-refractivity contribution in [2.45, 2.75) is 16.5 Å². The lowest BCUT2D eigenvalue weighted by Crippen LogP contribution is -2.37. The smallest absolute Gasteiger partial charge is 0.244 e. The summed E-state index contributed by atoms with van der Waals surface area (Å²) in [6, 6.07) is 14.8. The Hall–Kier alpha value is -3.26. The summed E-state index contributed by atoms with van der Waals surface area (Å²) >= 11 is 1.54. The molecule has 29 heavy (non-hydrogen) atoms. The lowest BCUT2D eigenvalue weighted by atomic mass is 10.2. The predicted octanol–water partition coefficient (Wildman–Crippen LogP) is 3.33. The van der Waals surface area contributed by atoms with Crippen LogP contribution >= 0.6 is 11.8 Å². The molecule has 1 aromatic heterocycles. The minimum Gasteiger partial charge on any atom is -0.491 e. The average molecular weight is 408 g/mol. The van der Waals surface area contributed by atoms with Gasteiger partial charge in [-0.3, -0.25) is 14.5 Å². The van der Waals surface area contributed by atoms with Gasteiger partial charge in [0.1, 0.15) is 12.3 Å². The van der Waals surface area contributed by atoms with Gasteiger partial charge in [0.15, 0.2) is 5.16 Å². The summed E-state index contributed by atoms with van der Waals surface area (Å²) in [5, 5.41) is 3.75. The molecule has 148 valence electrons. The number of anilines is 2. The molecule has 0 saturated carbocycles. The summed E-state index contributed by atoms with van der Waals surface area (Å²) in [7, 11) is 1.94. The van der Waals surface area contributed by atoms with Crippen LogP contribution in [0.5, 0.6) is 5.75 Å². The summed E-state index contributed by atoms with van der Waals surface area (Å²) in [6.07, 6.45) is 3.88. The van der Waals surface area contributed by atoms with E-state index in [4.69, 9.17) is 4.74 Å². The Balaban J connectivity index is 1.42. The number of hydrogen-bond acceptors (Lipinski definition) is 5. The molecule has 4 rings (SSSR count). The SMILES string of the molecule is Cn1ccnc1Sc1ccc(NC(=O)CN2C(=O)CCOc3ccccc32)cc1. The van der Waals surface area contributed by atoms with E-state index < -0.39 is 0 Å². The first kappa shape index (κ1) is 19.1. The van der Waals surface area contributed by atoms with Crippen LogP contribution in [0.1, 0.15) is 6.42 Å². The van der Waals surface area contributed by atoms with Crippen LogP contribution in [0.4, 0.5) is 11.4 Å². The van der Waals surface area contributed by atoms with Crippen LogP contribution in [0.3, 0.4) is 0 Å². The molecule has 0 spiro atoms. The highest BCUT2D eigenvalue weighted by molar-refractivity contribution is 7.99. The number of carbonyl (C=O) groups excluding carboxylic acids is 2. The Bertz CT molecular complexity index is 1030. The number of nitrogens with zero attached hydrogens (tertiary/aromatic N) is 3. The molecule has 0 unspecified atom stereocenters. The molecular formula is C21H20N4O3S. The number of benzene rings is 2. The first-order chi connectivity index (χ1) is 14.1. The van der Waals surface area contributed by atoms with E-state index in [9.17, 15) is 9.59 Å². The number of ether oxygens (including phenoxy) is 1. The molecule has 2 aromatic carbocycles. The molecular weight excluding hydrogens is 388 g/mol. The van der Waals surface area contributed by atoms with Crippen LogP contribution in [0.2, 0.25) is 0 Å². The Morgan fingerprint density at radius 1 is 1.21 bits per heavy atom. The summed E-state index contributed by atoms with van der Waals surface area (Å²) in [4.78, 5) is 31.8. The number of hydrogen-bond donors (Lipinski definition) is 1. The Labute approximate surface area is 172 Å². The second-order valence-corrected chi connectivity index (χ2v) is 7.58. The van der Waals surface area contributed by atoms with Gasteiger partial charge in [-0.1, -0.05) is 23.9 Å². The number of aromatic nitrogens is 2. The van der Waals surface area contributed by atoms with E-state index in [1.54, 1.807) is 30.1 Å². The lowest BCUT2D eigenvalue weighted by molar-refractivity contribution is -0.121. The minimum absolute atomic E-state index is 0.0665. The van der Waals surface area contributed by atoms with Gasteiger partial charge in [-0.05, 0) is 36.4 Å². The average Bonchev–Trinajstić information content (AvgIpc) is 3.05. The van der Waals surface area contributed by atoms with Crippen molar-refractivity contribution in [3.05, 3.63) is 60.9 Å². The molecule has 8 heteroatoms. The second kappa shape index (κ2) is 8.40. The Morgan fingerprint density at radius 3 is 2.76 bits per heavy atom. The normalized spacial score (nSPS) is 13.4. The van der Waals surface area contributed by atoms with Crippen molar-refractivity contribution in [2.24, 2.45) is 7.05 Å². The number of para-hydroxylation sites is 2. The molecule has 0 aliphatic carbocycles. The number of amides is 2. The lowest BCUT2D eigenvalue weighted by Gasteiger charge is -2.21. The molecule has 1 N–H and O–H groups in total. The van der Waals surface area contributed by atoms with Gasteiger partial charge in [-0.15, -0.1) is 0 Å². The van der Waals surface area contributed by atoms with E-state index in [-0.39, 0.29) is 24.8 Å². The van der Waals surface area contributed by atoms with Gasteiger partial charge >= 0.3 is 0 Å². The molecule has 0 fully saturated rings. The standard InChI is InChI=1S/C21H20N4O3S/c1-24-12-11-22-21(24)29-16-8-6-15(7-9-16)23-19(26)14-25-17-4-2-3-5-18(17)28-13-10-20(25)27/h2-9,11-12H,10,13-14H2,1H3,(H,23,26). The Kier molecular flexibility index (Phi) is 5.53. The van der Waals surface area contributed by atoms with Gasteiger partial charge < -0.3 is 14.6 Å². The van der Waals surface area contributed by atoms with Crippen molar-refractivity contribution < 1.29 is 14.3 Å². The molecule has 1 aliphatic rings. The summed E-state index contributed by atoms with van der Waals surface area (Å²) in [5.41, 5.74) is 1.29. The molecule has 2 amide bonds. The zero-order valence-electron chi connectivity index (χ0n) is 15.9. The first-order valence-electron chi connectivity index (χ1n) is 9.17. The van der Waals surface area contributed by atoms with Crippen LogP contribution in [-0.2, 0) is 16.6 Å². The van der Waals surface area contributed by atoms with Crippen LogP contribution < -0.4 is 15.0 Å². The third-order valence-corrected chi connectivity index (χ3v) is 5.54. The molecule has 3 aromatic rings. The number of fused-ring (bicyclic) bond motifs is 1. The monoisotopic (exact) mass is 408 g/mol. The molecule has 0 saturated heterocycles. The van der Waals surface area contributed by atoms with Crippen molar-refractivity contribution >= 4 is 35.0 Å². The third kappa shape index (κ3) is 4.43. The molecule has 1 aliphatic heterocycles. The van der Waals surface area contributed by atoms with E-state index in [1.807, 2.05) is 54.2 Å². The second-order valence-electron chi connectivity index (χ2n) is 6.54. The quantitative estimate of drug-likeness (QED) is 0.701. The largest absolute Gasteiger partial charge is 0.491 e. The van der Waals surface area contributed by atoms with Gasteiger partial charge in [0.25, 0.3) is 0 Å². The van der Waals surface area contributed by atoms with Gasteiger partial charge in [0, 0.05) is 30.0 Å². The first-order valence-corrected chi connectivity index (χ1v) is 9.99. The van der Waals surface area contributed by atoms with Crippen LogP contribution in [0, 0.1) is 0 Å². The highest BCUT2D eigenvalue weighted by atomic mass is 32.2. The van der Waals surface area contributed by atoms with Crippen LogP contribution in [0.15, 0.2) is 71.0 Å². The molecule has 0 atom stereocenters. The van der Waals surface area contributed by atoms with Crippen molar-refractivity contribution in [2.75, 3.05) is 23.4 Å². The molecule has 0 radical (unpaired) electrons. The highest BCUT2D eigenvalue weighted by Crippen LogP contribution is 2.31. The van der Waals surface area contributed by atoms with Gasteiger partial charge in [-0.25, -0.2) is 4.98 Å². The third-order valence-electron chi connectivity index (χ3n) is 4.46.